The van der Waals surface area contributed by atoms with Crippen molar-refractivity contribution in [1.29, 1.82) is 0 Å². The van der Waals surface area contributed by atoms with Gasteiger partial charge in [-0.25, -0.2) is 13.8 Å². The molecule has 0 aliphatic rings. The van der Waals surface area contributed by atoms with Crippen molar-refractivity contribution in [3.63, 3.8) is 0 Å². The maximum absolute atomic E-state index is 13.9. The van der Waals surface area contributed by atoms with Crippen molar-refractivity contribution in [2.24, 2.45) is 0 Å². The lowest BCUT2D eigenvalue weighted by atomic mass is 10.2. The van der Waals surface area contributed by atoms with Crippen LogP contribution in [0.5, 0.6) is 5.75 Å². The maximum atomic E-state index is 13.9. The minimum absolute atomic E-state index is 0.238. The number of H-pyrrole nitrogens is 1. The molecule has 0 saturated carbocycles. The molecule has 19 heavy (non-hydrogen) atoms. The van der Waals surface area contributed by atoms with Crippen molar-refractivity contribution in [1.82, 2.24) is 9.97 Å². The molecule has 0 aliphatic heterocycles. The Labute approximate surface area is 107 Å². The number of ether oxygens (including phenoxy) is 1. The lowest BCUT2D eigenvalue weighted by Gasteiger charge is -2.06. The molecular formula is C14H10F2N2O. The van der Waals surface area contributed by atoms with E-state index in [0.29, 0.717) is 22.6 Å². The van der Waals surface area contributed by atoms with Crippen LogP contribution in [0.3, 0.4) is 0 Å². The number of fused-ring (bicyclic) bond motifs is 1. The molecule has 2 aromatic carbocycles. The van der Waals surface area contributed by atoms with E-state index >= 15 is 0 Å². The Balaban J connectivity index is 2.24. The number of nitrogens with zero attached hydrogens (tertiary/aromatic N) is 1. The molecule has 3 rings (SSSR count). The zero-order chi connectivity index (χ0) is 13.4. The Morgan fingerprint density at radius 2 is 2.00 bits per heavy atom. The van der Waals surface area contributed by atoms with E-state index in [1.54, 1.807) is 12.1 Å². The highest BCUT2D eigenvalue weighted by Gasteiger charge is 2.15. The average Bonchev–Trinajstić information content (AvgIpc) is 2.80. The van der Waals surface area contributed by atoms with Crippen LogP contribution in [-0.2, 0) is 0 Å². The molecule has 0 aliphatic carbocycles. The van der Waals surface area contributed by atoms with E-state index in [4.69, 9.17) is 4.74 Å². The van der Waals surface area contributed by atoms with Crippen molar-refractivity contribution in [3.05, 3.63) is 48.0 Å². The van der Waals surface area contributed by atoms with Crippen molar-refractivity contribution in [3.8, 4) is 17.1 Å². The van der Waals surface area contributed by atoms with Crippen molar-refractivity contribution in [2.75, 3.05) is 7.11 Å². The second kappa shape index (κ2) is 4.35. The van der Waals surface area contributed by atoms with Crippen LogP contribution < -0.4 is 4.74 Å². The molecule has 96 valence electrons. The van der Waals surface area contributed by atoms with Crippen molar-refractivity contribution in [2.45, 2.75) is 0 Å². The average molecular weight is 260 g/mol. The minimum Gasteiger partial charge on any atom is -0.496 e. The molecule has 0 fully saturated rings. The molecule has 0 atom stereocenters. The van der Waals surface area contributed by atoms with Gasteiger partial charge >= 0.3 is 0 Å². The summed E-state index contributed by atoms with van der Waals surface area (Å²) in [6.07, 6.45) is 0. The molecule has 3 aromatic rings. The monoisotopic (exact) mass is 260 g/mol. The van der Waals surface area contributed by atoms with Gasteiger partial charge in [-0.15, -0.1) is 0 Å². The number of hydrogen-bond donors (Lipinski definition) is 1. The summed E-state index contributed by atoms with van der Waals surface area (Å²) < 4.78 is 32.2. The highest BCUT2D eigenvalue weighted by Crippen LogP contribution is 2.31. The Morgan fingerprint density at radius 3 is 2.79 bits per heavy atom. The second-order valence-electron chi connectivity index (χ2n) is 4.06. The number of benzene rings is 2. The summed E-state index contributed by atoms with van der Waals surface area (Å²) in [4.78, 5) is 7.15. The van der Waals surface area contributed by atoms with E-state index in [0.717, 1.165) is 0 Å². The van der Waals surface area contributed by atoms with Crippen molar-refractivity contribution >= 4 is 11.0 Å². The number of hydrogen-bond acceptors (Lipinski definition) is 2. The van der Waals surface area contributed by atoms with Gasteiger partial charge < -0.3 is 9.72 Å². The Hall–Kier alpha value is -2.43. The van der Waals surface area contributed by atoms with Crippen LogP contribution in [0.15, 0.2) is 36.4 Å². The van der Waals surface area contributed by atoms with Gasteiger partial charge in [0, 0.05) is 0 Å². The number of aromatic nitrogens is 2. The molecule has 0 amide bonds. The van der Waals surface area contributed by atoms with Crippen LogP contribution in [0.25, 0.3) is 22.4 Å². The van der Waals surface area contributed by atoms with Gasteiger partial charge in [0.15, 0.2) is 0 Å². The highest BCUT2D eigenvalue weighted by molar-refractivity contribution is 5.80. The Morgan fingerprint density at radius 1 is 1.16 bits per heavy atom. The normalized spacial score (nSPS) is 10.9. The number of nitrogens with one attached hydrogen (secondary N) is 1. The molecule has 0 unspecified atom stereocenters. The van der Waals surface area contributed by atoms with E-state index in [-0.39, 0.29) is 11.4 Å². The smallest absolute Gasteiger partial charge is 0.145 e. The lowest BCUT2D eigenvalue weighted by Crippen LogP contribution is -1.92. The number of rotatable bonds is 2. The molecule has 1 heterocycles. The number of methoxy groups -OCH3 is 1. The van der Waals surface area contributed by atoms with Crippen LogP contribution >= 0.6 is 0 Å². The SMILES string of the molecule is COc1cccc(F)c1-c1nc2ccc(F)cc2[nH]1. The van der Waals surface area contributed by atoms with Gasteiger partial charge in [-0.2, -0.15) is 0 Å². The fourth-order valence-electron chi connectivity index (χ4n) is 2.00. The van der Waals surface area contributed by atoms with Crippen LogP contribution in [0.1, 0.15) is 0 Å². The molecule has 0 radical (unpaired) electrons. The summed E-state index contributed by atoms with van der Waals surface area (Å²) in [6.45, 7) is 0. The molecule has 3 nitrogen and oxygen atoms in total. The van der Waals surface area contributed by atoms with Gasteiger partial charge in [0.1, 0.15) is 23.2 Å². The maximum Gasteiger partial charge on any atom is 0.145 e. The summed E-state index contributed by atoms with van der Waals surface area (Å²) in [5.41, 5.74) is 1.32. The summed E-state index contributed by atoms with van der Waals surface area (Å²) >= 11 is 0. The Kier molecular flexibility index (Phi) is 2.67. The van der Waals surface area contributed by atoms with Crippen LogP contribution in [0.4, 0.5) is 8.78 Å². The van der Waals surface area contributed by atoms with E-state index in [9.17, 15) is 8.78 Å². The van der Waals surface area contributed by atoms with E-state index in [1.807, 2.05) is 0 Å². The first kappa shape index (κ1) is 11.6. The number of halogens is 2. The molecule has 1 aromatic heterocycles. The first-order valence-corrected chi connectivity index (χ1v) is 5.67. The van der Waals surface area contributed by atoms with Crippen LogP contribution in [-0.4, -0.2) is 17.1 Å². The van der Waals surface area contributed by atoms with Gasteiger partial charge in [-0.05, 0) is 30.3 Å². The molecule has 0 bridgehead atoms. The fourth-order valence-corrected chi connectivity index (χ4v) is 2.00. The quantitative estimate of drug-likeness (QED) is 0.765. The van der Waals surface area contributed by atoms with Gasteiger partial charge in [0.05, 0.1) is 23.7 Å². The predicted molar refractivity (Wildman–Crippen MR) is 68.0 cm³/mol. The third-order valence-corrected chi connectivity index (χ3v) is 2.88. The highest BCUT2D eigenvalue weighted by atomic mass is 19.1. The summed E-state index contributed by atoms with van der Waals surface area (Å²) in [6, 6.07) is 8.69. The Bertz CT molecular complexity index is 752. The first-order valence-electron chi connectivity index (χ1n) is 5.67. The van der Waals surface area contributed by atoms with Gasteiger partial charge in [0.2, 0.25) is 0 Å². The summed E-state index contributed by atoms with van der Waals surface area (Å²) in [5, 5.41) is 0. The zero-order valence-corrected chi connectivity index (χ0v) is 10.1. The third kappa shape index (κ3) is 1.93. The summed E-state index contributed by atoms with van der Waals surface area (Å²) in [5.74, 6) is -0.128. The summed E-state index contributed by atoms with van der Waals surface area (Å²) in [7, 11) is 1.46. The molecule has 0 spiro atoms. The van der Waals surface area contributed by atoms with Gasteiger partial charge in [0.25, 0.3) is 0 Å². The first-order chi connectivity index (χ1) is 9.19. The molecule has 0 saturated heterocycles. The number of imidazole rings is 1. The minimum atomic E-state index is -0.445. The van der Waals surface area contributed by atoms with Crippen LogP contribution in [0, 0.1) is 11.6 Å². The lowest BCUT2D eigenvalue weighted by molar-refractivity contribution is 0.413. The van der Waals surface area contributed by atoms with Crippen molar-refractivity contribution < 1.29 is 13.5 Å². The fraction of sp³-hybridized carbons (Fsp3) is 0.0714. The number of aromatic amines is 1. The third-order valence-electron chi connectivity index (χ3n) is 2.88. The zero-order valence-electron chi connectivity index (χ0n) is 10.1. The standard InChI is InChI=1S/C14H10F2N2O/c1-19-12-4-2-3-9(16)13(12)14-17-10-6-5-8(15)7-11(10)18-14/h2-7H,1H3,(H,17,18). The molecule has 1 N–H and O–H groups in total. The predicted octanol–water partition coefficient (Wildman–Crippen LogP) is 3.52. The van der Waals surface area contributed by atoms with Crippen LogP contribution in [0.2, 0.25) is 0 Å². The largest absolute Gasteiger partial charge is 0.496 e. The topological polar surface area (TPSA) is 37.9 Å². The van der Waals surface area contributed by atoms with Gasteiger partial charge in [-0.1, -0.05) is 6.07 Å². The molecule has 5 heteroatoms. The second-order valence-corrected chi connectivity index (χ2v) is 4.06. The van der Waals surface area contributed by atoms with E-state index in [1.165, 1.54) is 31.4 Å². The van der Waals surface area contributed by atoms with Gasteiger partial charge in [-0.3, -0.25) is 0 Å². The molecular weight excluding hydrogens is 250 g/mol. The van der Waals surface area contributed by atoms with E-state index < -0.39 is 5.82 Å². The van der Waals surface area contributed by atoms with E-state index in [2.05, 4.69) is 9.97 Å².